The Labute approximate surface area is 47.9 Å². The van der Waals surface area contributed by atoms with Gasteiger partial charge in [-0.2, -0.15) is 0 Å². The largest absolute Gasteiger partial charge is 0.303 e. The zero-order valence-electron chi connectivity index (χ0n) is 4.86. The fraction of sp³-hybridized carbons (Fsp3) is 0.833. The molecule has 0 atom stereocenters. The maximum Gasteiger partial charge on any atom is 0.126 e. The number of aldehydes is 1. The Morgan fingerprint density at radius 1 is 1.75 bits per heavy atom. The predicted molar refractivity (Wildman–Crippen MR) is 28.3 cm³/mol. The average molecular weight is 116 g/mol. The molecule has 0 bridgehead atoms. The summed E-state index contributed by atoms with van der Waals surface area (Å²) in [5.41, 5.74) is -0.320. The minimum absolute atomic E-state index is 0.320. The SMILES string of the molecule is C[C@]1(C=O)C[C@@H](F)C1. The lowest BCUT2D eigenvalue weighted by atomic mass is 9.70. The molecular formula is C6H9FO. The summed E-state index contributed by atoms with van der Waals surface area (Å²) in [7, 11) is 0. The number of rotatable bonds is 1. The van der Waals surface area contributed by atoms with Crippen LogP contribution in [-0.2, 0) is 4.79 Å². The molecule has 1 saturated carbocycles. The van der Waals surface area contributed by atoms with Gasteiger partial charge in [0.2, 0.25) is 0 Å². The average Bonchev–Trinajstić information content (AvgIpc) is 1.63. The van der Waals surface area contributed by atoms with E-state index in [1.54, 1.807) is 6.92 Å². The number of alkyl halides is 1. The van der Waals surface area contributed by atoms with Crippen molar-refractivity contribution < 1.29 is 9.18 Å². The number of carbonyl (C=O) groups excluding carboxylic acids is 1. The molecule has 0 aromatic rings. The molecule has 1 aliphatic carbocycles. The fourth-order valence-corrected chi connectivity index (χ4v) is 1.05. The summed E-state index contributed by atoms with van der Waals surface area (Å²) < 4.78 is 12.0. The molecule has 8 heavy (non-hydrogen) atoms. The monoisotopic (exact) mass is 116 g/mol. The van der Waals surface area contributed by atoms with E-state index in [0.29, 0.717) is 12.8 Å². The van der Waals surface area contributed by atoms with Crippen LogP contribution < -0.4 is 0 Å². The van der Waals surface area contributed by atoms with Crippen molar-refractivity contribution in [2.45, 2.75) is 25.9 Å². The van der Waals surface area contributed by atoms with Gasteiger partial charge in [0, 0.05) is 5.41 Å². The third kappa shape index (κ3) is 0.746. The maximum absolute atomic E-state index is 12.0. The van der Waals surface area contributed by atoms with Gasteiger partial charge in [0.25, 0.3) is 0 Å². The van der Waals surface area contributed by atoms with E-state index >= 15 is 0 Å². The van der Waals surface area contributed by atoms with Crippen molar-refractivity contribution in [2.24, 2.45) is 5.41 Å². The van der Waals surface area contributed by atoms with Crippen LogP contribution in [0.1, 0.15) is 19.8 Å². The molecule has 0 N–H and O–H groups in total. The van der Waals surface area contributed by atoms with Crippen molar-refractivity contribution >= 4 is 6.29 Å². The molecule has 0 saturated heterocycles. The smallest absolute Gasteiger partial charge is 0.126 e. The van der Waals surface area contributed by atoms with Crippen LogP contribution in [0.25, 0.3) is 0 Å². The molecule has 0 heterocycles. The molecule has 0 amide bonds. The third-order valence-electron chi connectivity index (χ3n) is 1.66. The summed E-state index contributed by atoms with van der Waals surface area (Å²) >= 11 is 0. The van der Waals surface area contributed by atoms with Crippen molar-refractivity contribution in [1.29, 1.82) is 0 Å². The summed E-state index contributed by atoms with van der Waals surface area (Å²) in [4.78, 5) is 10.1. The Morgan fingerprint density at radius 3 is 2.38 bits per heavy atom. The van der Waals surface area contributed by atoms with E-state index in [9.17, 15) is 9.18 Å². The van der Waals surface area contributed by atoms with Crippen LogP contribution in [0, 0.1) is 5.41 Å². The van der Waals surface area contributed by atoms with Crippen LogP contribution in [0.2, 0.25) is 0 Å². The summed E-state index contributed by atoms with van der Waals surface area (Å²) in [5.74, 6) is 0. The number of hydrogen-bond acceptors (Lipinski definition) is 1. The number of hydrogen-bond donors (Lipinski definition) is 0. The second-order valence-corrected chi connectivity index (χ2v) is 2.78. The first kappa shape index (κ1) is 5.73. The summed E-state index contributed by atoms with van der Waals surface area (Å²) in [6.45, 7) is 1.79. The fourth-order valence-electron chi connectivity index (χ4n) is 1.05. The van der Waals surface area contributed by atoms with Gasteiger partial charge in [-0.05, 0) is 12.8 Å². The minimum Gasteiger partial charge on any atom is -0.303 e. The van der Waals surface area contributed by atoms with Crippen LogP contribution in [0.4, 0.5) is 4.39 Å². The molecular weight excluding hydrogens is 107 g/mol. The van der Waals surface area contributed by atoms with Gasteiger partial charge < -0.3 is 4.79 Å². The second-order valence-electron chi connectivity index (χ2n) is 2.78. The molecule has 0 aromatic heterocycles. The van der Waals surface area contributed by atoms with Gasteiger partial charge in [-0.25, -0.2) is 4.39 Å². The van der Waals surface area contributed by atoms with Gasteiger partial charge in [-0.3, -0.25) is 0 Å². The van der Waals surface area contributed by atoms with Gasteiger partial charge in [0.05, 0.1) is 0 Å². The highest BCUT2D eigenvalue weighted by Crippen LogP contribution is 2.40. The maximum atomic E-state index is 12.0. The summed E-state index contributed by atoms with van der Waals surface area (Å²) in [6, 6.07) is 0. The van der Waals surface area contributed by atoms with E-state index < -0.39 is 6.17 Å². The van der Waals surface area contributed by atoms with E-state index in [0.717, 1.165) is 6.29 Å². The van der Waals surface area contributed by atoms with E-state index in [-0.39, 0.29) is 5.41 Å². The van der Waals surface area contributed by atoms with E-state index in [1.807, 2.05) is 0 Å². The van der Waals surface area contributed by atoms with Crippen LogP contribution in [-0.4, -0.2) is 12.5 Å². The molecule has 0 aromatic carbocycles. The Kier molecular flexibility index (Phi) is 1.10. The molecule has 1 nitrogen and oxygen atoms in total. The van der Waals surface area contributed by atoms with E-state index in [4.69, 9.17) is 0 Å². The molecule has 1 fully saturated rings. The first-order chi connectivity index (χ1) is 3.66. The van der Waals surface area contributed by atoms with Crippen LogP contribution in [0.5, 0.6) is 0 Å². The van der Waals surface area contributed by atoms with Crippen molar-refractivity contribution in [3.05, 3.63) is 0 Å². The predicted octanol–water partition coefficient (Wildman–Crippen LogP) is 1.32. The van der Waals surface area contributed by atoms with Crippen LogP contribution in [0.3, 0.4) is 0 Å². The van der Waals surface area contributed by atoms with Crippen LogP contribution in [0.15, 0.2) is 0 Å². The second kappa shape index (κ2) is 1.54. The highest BCUT2D eigenvalue weighted by molar-refractivity contribution is 5.60. The first-order valence-electron chi connectivity index (χ1n) is 2.77. The van der Waals surface area contributed by atoms with Crippen molar-refractivity contribution in [3.8, 4) is 0 Å². The molecule has 0 spiro atoms. The number of carbonyl (C=O) groups is 1. The zero-order valence-corrected chi connectivity index (χ0v) is 4.86. The first-order valence-corrected chi connectivity index (χ1v) is 2.77. The topological polar surface area (TPSA) is 17.1 Å². The van der Waals surface area contributed by atoms with Gasteiger partial charge in [-0.1, -0.05) is 6.92 Å². The molecule has 1 aliphatic rings. The van der Waals surface area contributed by atoms with Gasteiger partial charge in [-0.15, -0.1) is 0 Å². The third-order valence-corrected chi connectivity index (χ3v) is 1.66. The number of halogens is 1. The molecule has 1 rings (SSSR count). The zero-order chi connectivity index (χ0) is 6.20. The molecule has 0 radical (unpaired) electrons. The quantitative estimate of drug-likeness (QED) is 0.472. The Hall–Kier alpha value is -0.400. The highest BCUT2D eigenvalue weighted by Gasteiger charge is 2.40. The molecule has 0 unspecified atom stereocenters. The lowest BCUT2D eigenvalue weighted by molar-refractivity contribution is -0.122. The van der Waals surface area contributed by atoms with Crippen LogP contribution >= 0.6 is 0 Å². The summed E-state index contributed by atoms with van der Waals surface area (Å²) in [5, 5.41) is 0. The lowest BCUT2D eigenvalue weighted by Crippen LogP contribution is -2.36. The van der Waals surface area contributed by atoms with E-state index in [2.05, 4.69) is 0 Å². The molecule has 0 aliphatic heterocycles. The van der Waals surface area contributed by atoms with Crippen molar-refractivity contribution in [2.75, 3.05) is 0 Å². The standard InChI is InChI=1S/C6H9FO/c1-6(4-8)2-5(7)3-6/h4-5H,2-3H2,1H3/t5-,6+. The highest BCUT2D eigenvalue weighted by atomic mass is 19.1. The Balaban J connectivity index is 2.40. The lowest BCUT2D eigenvalue weighted by Gasteiger charge is -2.35. The summed E-state index contributed by atoms with van der Waals surface area (Å²) in [6.07, 6.45) is 0.987. The Bertz CT molecular complexity index is 105. The van der Waals surface area contributed by atoms with Gasteiger partial charge in [0.15, 0.2) is 0 Å². The van der Waals surface area contributed by atoms with Crippen molar-refractivity contribution in [3.63, 3.8) is 0 Å². The molecule has 46 valence electrons. The Morgan fingerprint density at radius 2 is 2.25 bits per heavy atom. The normalized spacial score (nSPS) is 45.5. The minimum atomic E-state index is -0.717. The molecule has 2 heteroatoms. The van der Waals surface area contributed by atoms with E-state index in [1.165, 1.54) is 0 Å². The van der Waals surface area contributed by atoms with Gasteiger partial charge >= 0.3 is 0 Å². The van der Waals surface area contributed by atoms with Gasteiger partial charge in [0.1, 0.15) is 12.5 Å². The van der Waals surface area contributed by atoms with Crippen molar-refractivity contribution in [1.82, 2.24) is 0 Å².